The van der Waals surface area contributed by atoms with Crippen molar-refractivity contribution in [2.75, 3.05) is 18.5 Å². The Kier molecular flexibility index (Phi) is 4.19. The van der Waals surface area contributed by atoms with Gasteiger partial charge in [-0.3, -0.25) is 0 Å². The van der Waals surface area contributed by atoms with Crippen LogP contribution in [0.15, 0.2) is 11.4 Å². The van der Waals surface area contributed by atoms with Crippen LogP contribution in [-0.2, 0) is 17.8 Å². The van der Waals surface area contributed by atoms with Crippen molar-refractivity contribution in [2.24, 2.45) is 0 Å². The summed E-state index contributed by atoms with van der Waals surface area (Å²) in [5, 5.41) is 6.02. The molecule has 0 atom stereocenters. The van der Waals surface area contributed by atoms with E-state index in [9.17, 15) is 0 Å². The van der Waals surface area contributed by atoms with Crippen molar-refractivity contribution in [3.05, 3.63) is 27.7 Å². The van der Waals surface area contributed by atoms with Crippen LogP contribution in [0, 0.1) is 0 Å². The highest BCUT2D eigenvalue weighted by atomic mass is 35.5. The average molecular weight is 310 g/mol. The van der Waals surface area contributed by atoms with Crippen LogP contribution in [0.3, 0.4) is 0 Å². The summed E-state index contributed by atoms with van der Waals surface area (Å²) in [7, 11) is 0. The molecule has 0 amide bonds. The van der Waals surface area contributed by atoms with Gasteiger partial charge in [-0.05, 0) is 12.5 Å². The highest BCUT2D eigenvalue weighted by Gasteiger charge is 2.19. The predicted molar refractivity (Wildman–Crippen MR) is 82.5 cm³/mol. The molecule has 4 nitrogen and oxygen atoms in total. The summed E-state index contributed by atoms with van der Waals surface area (Å²) in [4.78, 5) is 10.3. The molecule has 3 rings (SSSR count). The van der Waals surface area contributed by atoms with Gasteiger partial charge >= 0.3 is 0 Å². The summed E-state index contributed by atoms with van der Waals surface area (Å²) in [5.74, 6) is 1.65. The van der Waals surface area contributed by atoms with Crippen LogP contribution in [-0.4, -0.2) is 23.1 Å². The minimum atomic E-state index is 0.590. The van der Waals surface area contributed by atoms with Gasteiger partial charge in [0.25, 0.3) is 0 Å². The molecule has 0 aliphatic carbocycles. The van der Waals surface area contributed by atoms with E-state index in [2.05, 4.69) is 22.2 Å². The molecule has 1 aliphatic heterocycles. The molecule has 3 heterocycles. The topological polar surface area (TPSA) is 47.0 Å². The van der Waals surface area contributed by atoms with Gasteiger partial charge in [0.1, 0.15) is 5.82 Å². The van der Waals surface area contributed by atoms with E-state index < -0.39 is 0 Å². The van der Waals surface area contributed by atoms with Gasteiger partial charge in [0.15, 0.2) is 5.82 Å². The largest absolute Gasteiger partial charge is 0.376 e. The van der Waals surface area contributed by atoms with Crippen molar-refractivity contribution in [3.8, 4) is 10.7 Å². The van der Waals surface area contributed by atoms with Gasteiger partial charge in [0.2, 0.25) is 0 Å². The first kappa shape index (κ1) is 13.8. The molecule has 106 valence electrons. The number of ether oxygens (including phenoxy) is 1. The van der Waals surface area contributed by atoms with E-state index in [1.807, 2.05) is 11.4 Å². The number of nitrogens with one attached hydrogen (secondary N) is 1. The van der Waals surface area contributed by atoms with E-state index in [0.29, 0.717) is 6.61 Å². The minimum Gasteiger partial charge on any atom is -0.376 e. The van der Waals surface area contributed by atoms with E-state index in [1.165, 1.54) is 0 Å². The molecule has 0 aromatic carbocycles. The quantitative estimate of drug-likeness (QED) is 0.934. The number of nitrogens with zero attached hydrogens (tertiary/aromatic N) is 2. The van der Waals surface area contributed by atoms with Crippen molar-refractivity contribution in [1.82, 2.24) is 9.97 Å². The van der Waals surface area contributed by atoms with Gasteiger partial charge < -0.3 is 10.1 Å². The number of hydrogen-bond acceptors (Lipinski definition) is 5. The molecule has 20 heavy (non-hydrogen) atoms. The lowest BCUT2D eigenvalue weighted by Gasteiger charge is -2.19. The van der Waals surface area contributed by atoms with Gasteiger partial charge in [0.05, 0.1) is 28.8 Å². The molecule has 2 aromatic rings. The highest BCUT2D eigenvalue weighted by molar-refractivity contribution is 7.14. The fourth-order valence-electron chi connectivity index (χ4n) is 2.16. The number of aromatic nitrogens is 2. The third kappa shape index (κ3) is 2.80. The maximum atomic E-state index is 6.00. The second-order valence-corrected chi connectivity index (χ2v) is 6.03. The summed E-state index contributed by atoms with van der Waals surface area (Å²) in [6.07, 6.45) is 1.89. The summed E-state index contributed by atoms with van der Waals surface area (Å²) in [6.45, 7) is 4.35. The second-order valence-electron chi connectivity index (χ2n) is 4.68. The van der Waals surface area contributed by atoms with E-state index in [4.69, 9.17) is 16.3 Å². The summed E-state index contributed by atoms with van der Waals surface area (Å²) >= 11 is 7.57. The SMILES string of the molecule is CCCNc1nc(-c2cc(Cl)cs2)nc2c1COCC2. The maximum Gasteiger partial charge on any atom is 0.171 e. The number of halogens is 1. The first-order valence-electron chi connectivity index (χ1n) is 6.73. The molecule has 0 fully saturated rings. The Balaban J connectivity index is 2.03. The number of thiophene rings is 1. The highest BCUT2D eigenvalue weighted by Crippen LogP contribution is 2.31. The van der Waals surface area contributed by atoms with Crippen LogP contribution in [0.1, 0.15) is 24.6 Å². The molecule has 0 unspecified atom stereocenters. The van der Waals surface area contributed by atoms with Crippen molar-refractivity contribution >= 4 is 28.8 Å². The molecule has 0 saturated carbocycles. The first-order chi connectivity index (χ1) is 9.78. The zero-order valence-corrected chi connectivity index (χ0v) is 12.9. The fraction of sp³-hybridized carbons (Fsp3) is 0.429. The van der Waals surface area contributed by atoms with Crippen LogP contribution in [0.5, 0.6) is 0 Å². The van der Waals surface area contributed by atoms with Crippen LogP contribution in [0.2, 0.25) is 5.02 Å². The molecule has 0 saturated heterocycles. The Morgan fingerprint density at radius 1 is 1.45 bits per heavy atom. The molecule has 0 bridgehead atoms. The molecular weight excluding hydrogens is 294 g/mol. The van der Waals surface area contributed by atoms with Crippen LogP contribution < -0.4 is 5.32 Å². The molecule has 2 aromatic heterocycles. The summed E-state index contributed by atoms with van der Waals surface area (Å²) in [5.41, 5.74) is 2.18. The monoisotopic (exact) mass is 309 g/mol. The van der Waals surface area contributed by atoms with E-state index >= 15 is 0 Å². The van der Waals surface area contributed by atoms with E-state index in [1.54, 1.807) is 11.3 Å². The Morgan fingerprint density at radius 3 is 3.10 bits per heavy atom. The third-order valence-corrected chi connectivity index (χ3v) is 4.43. The summed E-state index contributed by atoms with van der Waals surface area (Å²) < 4.78 is 5.53. The summed E-state index contributed by atoms with van der Waals surface area (Å²) in [6, 6.07) is 1.91. The van der Waals surface area contributed by atoms with Gasteiger partial charge in [-0.1, -0.05) is 18.5 Å². The lowest BCUT2D eigenvalue weighted by atomic mass is 10.1. The lowest BCUT2D eigenvalue weighted by molar-refractivity contribution is 0.109. The number of fused-ring (bicyclic) bond motifs is 1. The zero-order valence-electron chi connectivity index (χ0n) is 11.3. The maximum absolute atomic E-state index is 6.00. The van der Waals surface area contributed by atoms with E-state index in [0.717, 1.165) is 58.8 Å². The van der Waals surface area contributed by atoms with Crippen molar-refractivity contribution in [1.29, 1.82) is 0 Å². The molecule has 1 aliphatic rings. The molecule has 0 spiro atoms. The zero-order chi connectivity index (χ0) is 13.9. The normalized spacial score (nSPS) is 14.1. The van der Waals surface area contributed by atoms with Gasteiger partial charge in [-0.2, -0.15) is 0 Å². The Bertz CT molecular complexity index is 614. The van der Waals surface area contributed by atoms with Gasteiger partial charge in [-0.15, -0.1) is 11.3 Å². The predicted octanol–water partition coefficient (Wildman–Crippen LogP) is 3.75. The van der Waals surface area contributed by atoms with Gasteiger partial charge in [-0.25, -0.2) is 9.97 Å². The number of hydrogen-bond donors (Lipinski definition) is 1. The second kappa shape index (κ2) is 6.08. The lowest BCUT2D eigenvalue weighted by Crippen LogP contribution is -2.17. The Morgan fingerprint density at radius 2 is 2.35 bits per heavy atom. The van der Waals surface area contributed by atoms with Crippen LogP contribution in [0.25, 0.3) is 10.7 Å². The Hall–Kier alpha value is -1.17. The first-order valence-corrected chi connectivity index (χ1v) is 7.99. The van der Waals surface area contributed by atoms with Crippen molar-refractivity contribution in [3.63, 3.8) is 0 Å². The molecular formula is C14H16ClN3OS. The van der Waals surface area contributed by atoms with Crippen molar-refractivity contribution < 1.29 is 4.74 Å². The minimum absolute atomic E-state index is 0.590. The van der Waals surface area contributed by atoms with Crippen LogP contribution >= 0.6 is 22.9 Å². The molecule has 0 radical (unpaired) electrons. The standard InChI is InChI=1S/C14H16ClN3OS/c1-2-4-16-13-10-7-19-5-3-11(10)17-14(18-13)12-6-9(15)8-20-12/h6,8H,2-5,7H2,1H3,(H,16,17,18). The Labute approximate surface area is 127 Å². The smallest absolute Gasteiger partial charge is 0.171 e. The molecule has 6 heteroatoms. The number of anilines is 1. The average Bonchev–Trinajstić information content (AvgIpc) is 2.91. The van der Waals surface area contributed by atoms with Crippen LogP contribution in [0.4, 0.5) is 5.82 Å². The van der Waals surface area contributed by atoms with Crippen molar-refractivity contribution in [2.45, 2.75) is 26.4 Å². The van der Waals surface area contributed by atoms with Gasteiger partial charge in [0, 0.05) is 23.9 Å². The molecule has 1 N–H and O–H groups in total. The fourth-order valence-corrected chi connectivity index (χ4v) is 3.17. The third-order valence-electron chi connectivity index (χ3n) is 3.15. The van der Waals surface area contributed by atoms with E-state index in [-0.39, 0.29) is 0 Å². The number of rotatable bonds is 4.